The van der Waals surface area contributed by atoms with Gasteiger partial charge in [-0.2, -0.15) is 4.99 Å². The third kappa shape index (κ3) is 2.60. The molecule has 0 spiro atoms. The van der Waals surface area contributed by atoms with E-state index in [9.17, 15) is 9.59 Å². The van der Waals surface area contributed by atoms with E-state index in [-0.39, 0.29) is 23.2 Å². The van der Waals surface area contributed by atoms with E-state index in [0.29, 0.717) is 24.9 Å². The summed E-state index contributed by atoms with van der Waals surface area (Å²) in [7, 11) is 1.67. The zero-order valence-electron chi connectivity index (χ0n) is 14.3. The molecule has 4 bridgehead atoms. The Morgan fingerprint density at radius 2 is 2.08 bits per heavy atom. The number of amides is 1. The van der Waals surface area contributed by atoms with Crippen LogP contribution in [0.1, 0.15) is 37.0 Å². The summed E-state index contributed by atoms with van der Waals surface area (Å²) in [6, 6.07) is 0. The number of thiazole rings is 1. The zero-order valence-corrected chi connectivity index (χ0v) is 15.1. The maximum Gasteiger partial charge on any atom is 0.254 e. The van der Waals surface area contributed by atoms with Gasteiger partial charge in [-0.15, -0.1) is 11.3 Å². The van der Waals surface area contributed by atoms with E-state index in [0.717, 1.165) is 41.8 Å². The first-order valence-corrected chi connectivity index (χ1v) is 9.61. The van der Waals surface area contributed by atoms with Crippen LogP contribution in [0.25, 0.3) is 0 Å². The van der Waals surface area contributed by atoms with E-state index in [1.54, 1.807) is 18.4 Å². The number of Topliss-reactive ketones (excluding diaryl/α,β-unsaturated/α-hetero) is 1. The minimum absolute atomic E-state index is 0.00224. The molecule has 6 heteroatoms. The molecule has 1 aromatic rings. The number of ether oxygens (including phenoxy) is 1. The third-order valence-corrected chi connectivity index (χ3v) is 6.95. The first kappa shape index (κ1) is 16.2. The van der Waals surface area contributed by atoms with Gasteiger partial charge in [0.05, 0.1) is 12.0 Å². The topological polar surface area (TPSA) is 60.7 Å². The monoisotopic (exact) mass is 348 g/mol. The lowest BCUT2D eigenvalue weighted by molar-refractivity contribution is -0.155. The summed E-state index contributed by atoms with van der Waals surface area (Å²) >= 11 is 1.55. The van der Waals surface area contributed by atoms with Crippen LogP contribution in [0.5, 0.6) is 0 Å². The van der Waals surface area contributed by atoms with Crippen LogP contribution in [0.3, 0.4) is 0 Å². The second kappa shape index (κ2) is 5.92. The SMILES string of the molecule is COCCn1cc(C)sc1=NC(=O)C12CC3CC(C1)C(=O)C(C3)C2. The predicted octanol–water partition coefficient (Wildman–Crippen LogP) is 2.33. The molecule has 4 aliphatic carbocycles. The second-order valence-corrected chi connectivity index (χ2v) is 8.97. The lowest BCUT2D eigenvalue weighted by Gasteiger charge is -2.53. The van der Waals surface area contributed by atoms with Gasteiger partial charge in [0, 0.05) is 36.6 Å². The molecule has 5 rings (SSSR count). The highest BCUT2D eigenvalue weighted by atomic mass is 32.1. The standard InChI is InChI=1S/C18H24N2O3S/c1-11-10-20(3-4-23-2)17(24-11)19-16(22)18-7-12-5-13(8-18)15(21)14(6-12)9-18/h10,12-14H,3-9H2,1-2H3. The highest BCUT2D eigenvalue weighted by Gasteiger charge is 2.58. The maximum atomic E-state index is 13.1. The van der Waals surface area contributed by atoms with E-state index < -0.39 is 0 Å². The van der Waals surface area contributed by atoms with Gasteiger partial charge in [0.1, 0.15) is 5.78 Å². The van der Waals surface area contributed by atoms with Gasteiger partial charge in [0.25, 0.3) is 5.91 Å². The number of hydrogen-bond donors (Lipinski definition) is 0. The van der Waals surface area contributed by atoms with Crippen molar-refractivity contribution in [3.8, 4) is 0 Å². The van der Waals surface area contributed by atoms with E-state index in [1.165, 1.54) is 0 Å². The largest absolute Gasteiger partial charge is 0.383 e. The Bertz CT molecular complexity index is 730. The number of rotatable bonds is 4. The Hall–Kier alpha value is -1.27. The lowest BCUT2D eigenvalue weighted by atomic mass is 9.49. The van der Waals surface area contributed by atoms with Crippen LogP contribution in [-0.2, 0) is 20.9 Å². The van der Waals surface area contributed by atoms with Crippen molar-refractivity contribution in [3.05, 3.63) is 15.9 Å². The summed E-state index contributed by atoms with van der Waals surface area (Å²) in [4.78, 5) is 31.8. The molecule has 1 heterocycles. The molecule has 4 fully saturated rings. The molecule has 2 atom stereocenters. The molecule has 1 amide bonds. The fourth-order valence-corrected chi connectivity index (χ4v) is 6.01. The van der Waals surface area contributed by atoms with Crippen LogP contribution < -0.4 is 4.80 Å². The Morgan fingerprint density at radius 3 is 2.75 bits per heavy atom. The average Bonchev–Trinajstić information content (AvgIpc) is 2.89. The minimum atomic E-state index is -0.374. The van der Waals surface area contributed by atoms with Crippen LogP contribution in [0.15, 0.2) is 11.2 Å². The fraction of sp³-hybridized carbons (Fsp3) is 0.722. The zero-order chi connectivity index (χ0) is 16.9. The maximum absolute atomic E-state index is 13.1. The molecule has 5 nitrogen and oxygen atoms in total. The van der Waals surface area contributed by atoms with Gasteiger partial charge in [-0.05, 0) is 44.9 Å². The van der Waals surface area contributed by atoms with Crippen molar-refractivity contribution in [2.75, 3.05) is 13.7 Å². The van der Waals surface area contributed by atoms with Crippen LogP contribution in [0.2, 0.25) is 0 Å². The fourth-order valence-electron chi connectivity index (χ4n) is 5.15. The molecule has 2 unspecified atom stereocenters. The molecule has 4 aliphatic rings. The number of hydrogen-bond acceptors (Lipinski definition) is 4. The molecule has 0 N–H and O–H groups in total. The molecule has 0 aromatic carbocycles. The molecule has 1 aromatic heterocycles. The van der Waals surface area contributed by atoms with Crippen molar-refractivity contribution >= 4 is 23.0 Å². The highest BCUT2D eigenvalue weighted by Crippen LogP contribution is 2.59. The first-order chi connectivity index (χ1) is 11.5. The molecule has 4 saturated carbocycles. The van der Waals surface area contributed by atoms with Crippen LogP contribution in [-0.4, -0.2) is 30.0 Å². The Morgan fingerprint density at radius 1 is 1.38 bits per heavy atom. The summed E-state index contributed by atoms with van der Waals surface area (Å²) in [6.07, 6.45) is 6.40. The van der Waals surface area contributed by atoms with Gasteiger partial charge >= 0.3 is 0 Å². The second-order valence-electron chi connectivity index (χ2n) is 7.75. The Kier molecular flexibility index (Phi) is 4.00. The van der Waals surface area contributed by atoms with E-state index in [1.807, 2.05) is 17.7 Å². The van der Waals surface area contributed by atoms with E-state index >= 15 is 0 Å². The number of aromatic nitrogens is 1. The molecular formula is C18H24N2O3S. The molecule has 0 saturated heterocycles. The van der Waals surface area contributed by atoms with Gasteiger partial charge in [-0.1, -0.05) is 0 Å². The highest BCUT2D eigenvalue weighted by molar-refractivity contribution is 7.09. The number of ketones is 1. The van der Waals surface area contributed by atoms with Gasteiger partial charge in [0.15, 0.2) is 4.80 Å². The van der Waals surface area contributed by atoms with Crippen molar-refractivity contribution in [2.24, 2.45) is 28.2 Å². The summed E-state index contributed by atoms with van der Waals surface area (Å²) < 4.78 is 7.15. The van der Waals surface area contributed by atoms with Gasteiger partial charge in [-0.3, -0.25) is 9.59 Å². The van der Waals surface area contributed by atoms with Crippen molar-refractivity contribution in [1.29, 1.82) is 0 Å². The summed E-state index contributed by atoms with van der Waals surface area (Å²) in [5.74, 6) is 1.19. The molecule has 130 valence electrons. The van der Waals surface area contributed by atoms with E-state index in [2.05, 4.69) is 4.99 Å². The predicted molar refractivity (Wildman–Crippen MR) is 90.5 cm³/mol. The quantitative estimate of drug-likeness (QED) is 0.839. The van der Waals surface area contributed by atoms with Gasteiger partial charge < -0.3 is 9.30 Å². The Balaban J connectivity index is 1.64. The van der Waals surface area contributed by atoms with Crippen LogP contribution >= 0.6 is 11.3 Å². The molecule has 24 heavy (non-hydrogen) atoms. The summed E-state index contributed by atoms with van der Waals surface area (Å²) in [5, 5.41) is 0. The van der Waals surface area contributed by atoms with Crippen LogP contribution in [0, 0.1) is 30.1 Å². The van der Waals surface area contributed by atoms with Crippen molar-refractivity contribution in [1.82, 2.24) is 4.57 Å². The molecule has 0 radical (unpaired) electrons. The number of carbonyl (C=O) groups is 2. The third-order valence-electron chi connectivity index (χ3n) is 6.02. The minimum Gasteiger partial charge on any atom is -0.383 e. The number of carbonyl (C=O) groups excluding carboxylic acids is 2. The smallest absolute Gasteiger partial charge is 0.254 e. The van der Waals surface area contributed by atoms with Crippen molar-refractivity contribution in [2.45, 2.75) is 45.6 Å². The number of methoxy groups -OCH3 is 1. The summed E-state index contributed by atoms with van der Waals surface area (Å²) in [5.41, 5.74) is -0.374. The van der Waals surface area contributed by atoms with Crippen molar-refractivity contribution in [3.63, 3.8) is 0 Å². The van der Waals surface area contributed by atoms with Gasteiger partial charge in [-0.25, -0.2) is 0 Å². The van der Waals surface area contributed by atoms with Gasteiger partial charge in [0.2, 0.25) is 0 Å². The van der Waals surface area contributed by atoms with Crippen LogP contribution in [0.4, 0.5) is 0 Å². The average molecular weight is 348 g/mol. The lowest BCUT2D eigenvalue weighted by Crippen LogP contribution is -2.54. The molecular weight excluding hydrogens is 324 g/mol. The van der Waals surface area contributed by atoms with Crippen molar-refractivity contribution < 1.29 is 14.3 Å². The normalized spacial score (nSPS) is 35.0. The number of aryl methyl sites for hydroxylation is 1. The summed E-state index contributed by atoms with van der Waals surface area (Å²) in [6.45, 7) is 3.33. The van der Waals surface area contributed by atoms with E-state index in [4.69, 9.17) is 4.74 Å². The molecule has 0 aliphatic heterocycles. The number of nitrogens with zero attached hydrogens (tertiary/aromatic N) is 2. The Labute approximate surface area is 145 Å². The first-order valence-electron chi connectivity index (χ1n) is 8.79.